The van der Waals surface area contributed by atoms with E-state index in [0.29, 0.717) is 5.01 Å². The van der Waals surface area contributed by atoms with Crippen molar-refractivity contribution in [1.82, 2.24) is 4.98 Å². The lowest BCUT2D eigenvalue weighted by Gasteiger charge is -2.03. The van der Waals surface area contributed by atoms with Crippen molar-refractivity contribution >= 4 is 44.7 Å². The van der Waals surface area contributed by atoms with Gasteiger partial charge in [0.25, 0.3) is 0 Å². The molecule has 0 bridgehead atoms. The molecule has 0 saturated carbocycles. The van der Waals surface area contributed by atoms with Gasteiger partial charge in [0, 0.05) is 10.9 Å². The number of benzene rings is 1. The molecule has 0 radical (unpaired) electrons. The number of aryl methyl sites for hydroxylation is 1. The predicted molar refractivity (Wildman–Crippen MR) is 74.0 cm³/mol. The summed E-state index contributed by atoms with van der Waals surface area (Å²) in [6.45, 7) is 1.96. The average molecular weight is 349 g/mol. The Kier molecular flexibility index (Phi) is 4.14. The zero-order chi connectivity index (χ0) is 13.3. The number of carbonyl (C=O) groups excluding carboxylic acids is 1. The Morgan fingerprint density at radius 1 is 1.56 bits per heavy atom. The van der Waals surface area contributed by atoms with Gasteiger partial charge in [-0.3, -0.25) is 4.79 Å². The van der Waals surface area contributed by atoms with E-state index in [9.17, 15) is 9.18 Å². The maximum Gasteiger partial charge on any atom is 0.223 e. The van der Waals surface area contributed by atoms with Crippen molar-refractivity contribution in [2.75, 3.05) is 0 Å². The topological polar surface area (TPSA) is 30.0 Å². The average Bonchev–Trinajstić information content (AvgIpc) is 2.81. The standard InChI is InChI=1S/C12H8BrClFNOS/c1-2-6-5-18-12(16-6)11(17)7-3-8(13)10(15)4-9(7)14/h3-5H,2H2,1H3. The van der Waals surface area contributed by atoms with E-state index in [1.54, 1.807) is 0 Å². The summed E-state index contributed by atoms with van der Waals surface area (Å²) >= 11 is 10.2. The molecule has 0 aliphatic rings. The van der Waals surface area contributed by atoms with Crippen LogP contribution in [0.25, 0.3) is 0 Å². The number of thiazole rings is 1. The van der Waals surface area contributed by atoms with Crippen molar-refractivity contribution in [3.63, 3.8) is 0 Å². The van der Waals surface area contributed by atoms with Crippen LogP contribution in [0.5, 0.6) is 0 Å². The molecule has 0 aliphatic heterocycles. The second kappa shape index (κ2) is 5.47. The number of ketones is 1. The second-order valence-corrected chi connectivity index (χ2v) is 5.69. The second-order valence-electron chi connectivity index (χ2n) is 3.57. The normalized spacial score (nSPS) is 10.7. The molecule has 1 aromatic heterocycles. The van der Waals surface area contributed by atoms with Gasteiger partial charge in [0.15, 0.2) is 5.01 Å². The van der Waals surface area contributed by atoms with E-state index >= 15 is 0 Å². The molecule has 2 rings (SSSR count). The number of rotatable bonds is 3. The van der Waals surface area contributed by atoms with Crippen LogP contribution in [-0.2, 0) is 6.42 Å². The summed E-state index contributed by atoms with van der Waals surface area (Å²) in [5, 5.41) is 2.29. The monoisotopic (exact) mass is 347 g/mol. The fraction of sp³-hybridized carbons (Fsp3) is 0.167. The molecule has 1 heterocycles. The van der Waals surface area contributed by atoms with Crippen molar-refractivity contribution in [3.05, 3.63) is 49.1 Å². The first kappa shape index (κ1) is 13.6. The first-order valence-electron chi connectivity index (χ1n) is 5.16. The van der Waals surface area contributed by atoms with E-state index < -0.39 is 5.82 Å². The highest BCUT2D eigenvalue weighted by molar-refractivity contribution is 9.10. The maximum absolute atomic E-state index is 13.2. The molecule has 6 heteroatoms. The number of nitrogens with zero attached hydrogens (tertiary/aromatic N) is 1. The minimum Gasteiger partial charge on any atom is -0.286 e. The minimum atomic E-state index is -0.495. The fourth-order valence-corrected chi connectivity index (χ4v) is 2.82. The largest absolute Gasteiger partial charge is 0.286 e. The molecule has 0 saturated heterocycles. The van der Waals surface area contributed by atoms with Crippen LogP contribution >= 0.6 is 38.9 Å². The Bertz CT molecular complexity index is 614. The van der Waals surface area contributed by atoms with Crippen LogP contribution in [0.2, 0.25) is 5.02 Å². The number of hydrogen-bond acceptors (Lipinski definition) is 3. The summed E-state index contributed by atoms with van der Waals surface area (Å²) in [4.78, 5) is 16.4. The maximum atomic E-state index is 13.2. The van der Waals surface area contributed by atoms with Gasteiger partial charge in [0.1, 0.15) is 5.82 Å². The predicted octanol–water partition coefficient (Wildman–Crippen LogP) is 4.49. The Morgan fingerprint density at radius 3 is 2.89 bits per heavy atom. The third kappa shape index (κ3) is 2.63. The SMILES string of the molecule is CCc1csc(C(=O)c2cc(Br)c(F)cc2Cl)n1. The molecule has 1 aromatic carbocycles. The third-order valence-electron chi connectivity index (χ3n) is 2.36. The molecule has 2 aromatic rings. The highest BCUT2D eigenvalue weighted by atomic mass is 79.9. The summed E-state index contributed by atoms with van der Waals surface area (Å²) in [7, 11) is 0. The van der Waals surface area contributed by atoms with Crippen LogP contribution in [0.3, 0.4) is 0 Å². The van der Waals surface area contributed by atoms with Gasteiger partial charge in [-0.25, -0.2) is 9.37 Å². The van der Waals surface area contributed by atoms with Crippen LogP contribution in [0.15, 0.2) is 22.0 Å². The first-order valence-corrected chi connectivity index (χ1v) is 7.21. The highest BCUT2D eigenvalue weighted by Gasteiger charge is 2.18. The number of halogens is 3. The molecule has 0 fully saturated rings. The highest BCUT2D eigenvalue weighted by Crippen LogP contribution is 2.27. The fourth-order valence-electron chi connectivity index (χ4n) is 1.39. The first-order chi connectivity index (χ1) is 8.52. The Labute approximate surface area is 121 Å². The smallest absolute Gasteiger partial charge is 0.223 e. The summed E-state index contributed by atoms with van der Waals surface area (Å²) in [5.74, 6) is -0.782. The van der Waals surface area contributed by atoms with Gasteiger partial charge < -0.3 is 0 Å². The summed E-state index contributed by atoms with van der Waals surface area (Å²) in [6.07, 6.45) is 0.768. The molecule has 18 heavy (non-hydrogen) atoms. The lowest BCUT2D eigenvalue weighted by Crippen LogP contribution is -2.03. The van der Waals surface area contributed by atoms with E-state index in [0.717, 1.165) is 18.2 Å². The zero-order valence-corrected chi connectivity index (χ0v) is 12.5. The lowest BCUT2D eigenvalue weighted by atomic mass is 10.1. The molecule has 0 spiro atoms. The summed E-state index contributed by atoms with van der Waals surface area (Å²) < 4.78 is 13.4. The van der Waals surface area contributed by atoms with Crippen LogP contribution < -0.4 is 0 Å². The van der Waals surface area contributed by atoms with E-state index in [1.165, 1.54) is 17.4 Å². The van der Waals surface area contributed by atoms with Gasteiger partial charge in [-0.05, 0) is 34.5 Å². The van der Waals surface area contributed by atoms with Crippen molar-refractivity contribution < 1.29 is 9.18 Å². The molecule has 0 aliphatic carbocycles. The third-order valence-corrected chi connectivity index (χ3v) is 4.17. The van der Waals surface area contributed by atoms with Gasteiger partial charge in [-0.15, -0.1) is 11.3 Å². The van der Waals surface area contributed by atoms with Crippen molar-refractivity contribution in [1.29, 1.82) is 0 Å². The molecule has 94 valence electrons. The van der Waals surface area contributed by atoms with Crippen LogP contribution in [-0.4, -0.2) is 10.8 Å². The molecular weight excluding hydrogens is 341 g/mol. The minimum absolute atomic E-state index is 0.0916. The van der Waals surface area contributed by atoms with Crippen LogP contribution in [0.4, 0.5) is 4.39 Å². The quantitative estimate of drug-likeness (QED) is 0.604. The number of carbonyl (C=O) groups is 1. The summed E-state index contributed by atoms with van der Waals surface area (Å²) in [5.41, 5.74) is 1.11. The van der Waals surface area contributed by atoms with Gasteiger partial charge in [-0.1, -0.05) is 18.5 Å². The van der Waals surface area contributed by atoms with Crippen molar-refractivity contribution in [3.8, 4) is 0 Å². The summed E-state index contributed by atoms with van der Waals surface area (Å²) in [6, 6.07) is 2.50. The molecular formula is C12H8BrClFNOS. The van der Waals surface area contributed by atoms with Gasteiger partial charge in [-0.2, -0.15) is 0 Å². The van der Waals surface area contributed by atoms with Crippen LogP contribution in [0, 0.1) is 5.82 Å². The van der Waals surface area contributed by atoms with Crippen LogP contribution in [0.1, 0.15) is 28.0 Å². The lowest BCUT2D eigenvalue weighted by molar-refractivity contribution is 0.103. The zero-order valence-electron chi connectivity index (χ0n) is 9.34. The van der Waals surface area contributed by atoms with E-state index in [1.807, 2.05) is 12.3 Å². The van der Waals surface area contributed by atoms with Crippen molar-refractivity contribution in [2.45, 2.75) is 13.3 Å². The Balaban J connectivity index is 2.42. The van der Waals surface area contributed by atoms with E-state index in [2.05, 4.69) is 20.9 Å². The molecule has 0 amide bonds. The molecule has 0 unspecified atom stereocenters. The number of hydrogen-bond donors (Lipinski definition) is 0. The molecule has 0 atom stereocenters. The van der Waals surface area contributed by atoms with E-state index in [4.69, 9.17) is 11.6 Å². The van der Waals surface area contributed by atoms with Gasteiger partial charge in [0.2, 0.25) is 5.78 Å². The van der Waals surface area contributed by atoms with Gasteiger partial charge >= 0.3 is 0 Å². The Morgan fingerprint density at radius 2 is 2.28 bits per heavy atom. The van der Waals surface area contributed by atoms with Gasteiger partial charge in [0.05, 0.1) is 15.2 Å². The number of aromatic nitrogens is 1. The van der Waals surface area contributed by atoms with E-state index in [-0.39, 0.29) is 20.8 Å². The molecule has 2 nitrogen and oxygen atoms in total. The van der Waals surface area contributed by atoms with Crippen molar-refractivity contribution in [2.24, 2.45) is 0 Å². The molecule has 0 N–H and O–H groups in total. The Hall–Kier alpha value is -0.780.